The Bertz CT molecular complexity index is 1740. The highest BCUT2D eigenvalue weighted by atomic mass is 16.6. The number of rotatable bonds is 15. The zero-order chi connectivity index (χ0) is 39.4. The summed E-state index contributed by atoms with van der Waals surface area (Å²) >= 11 is 0. The van der Waals surface area contributed by atoms with Crippen LogP contribution >= 0.6 is 0 Å². The number of nitrogens with zero attached hydrogens (tertiary/aromatic N) is 3. The van der Waals surface area contributed by atoms with Crippen molar-refractivity contribution >= 4 is 17.6 Å². The first kappa shape index (κ1) is 41.1. The van der Waals surface area contributed by atoms with Crippen LogP contribution in [0.25, 0.3) is 16.9 Å². The number of anilines is 1. The minimum atomic E-state index is -1.18. The van der Waals surface area contributed by atoms with E-state index >= 15 is 0 Å². The topological polar surface area (TPSA) is 107 Å². The van der Waals surface area contributed by atoms with Crippen molar-refractivity contribution in [3.05, 3.63) is 53.7 Å². The summed E-state index contributed by atoms with van der Waals surface area (Å²) in [6.45, 7) is 16.2. The molecule has 296 valence electrons. The Labute approximate surface area is 323 Å². The largest absolute Gasteiger partial charge is 0.496 e. The predicted octanol–water partition coefficient (Wildman–Crippen LogP) is 8.73. The summed E-state index contributed by atoms with van der Waals surface area (Å²) in [4.78, 5) is 31.5. The van der Waals surface area contributed by atoms with E-state index in [-0.39, 0.29) is 29.4 Å². The van der Waals surface area contributed by atoms with Gasteiger partial charge in [-0.2, -0.15) is 5.10 Å². The lowest BCUT2D eigenvalue weighted by atomic mass is 9.55. The van der Waals surface area contributed by atoms with Crippen LogP contribution < -0.4 is 20.1 Å². The third-order valence-corrected chi connectivity index (χ3v) is 11.5. The number of hydrogen-bond donors (Lipinski definition) is 2. The summed E-state index contributed by atoms with van der Waals surface area (Å²) in [6.07, 6.45) is 7.04. The zero-order valence-electron chi connectivity index (χ0n) is 34.7. The maximum atomic E-state index is 14.8. The molecule has 2 bridgehead atoms. The van der Waals surface area contributed by atoms with Gasteiger partial charge in [0.2, 0.25) is 0 Å². The first-order chi connectivity index (χ1) is 25.6. The molecule has 54 heavy (non-hydrogen) atoms. The monoisotopic (exact) mass is 743 g/mol. The second-order valence-electron chi connectivity index (χ2n) is 17.2. The maximum absolute atomic E-state index is 14.8. The molecular weight excluding hydrogens is 679 g/mol. The number of benzene rings is 2. The molecule has 2 aliphatic carbocycles. The van der Waals surface area contributed by atoms with Gasteiger partial charge in [0.1, 0.15) is 22.6 Å². The summed E-state index contributed by atoms with van der Waals surface area (Å²) in [7, 11) is 7.45. The van der Waals surface area contributed by atoms with Crippen LogP contribution in [0.5, 0.6) is 11.5 Å². The minimum absolute atomic E-state index is 0.0323. The van der Waals surface area contributed by atoms with Crippen LogP contribution in [0.2, 0.25) is 0 Å². The highest BCUT2D eigenvalue weighted by Crippen LogP contribution is 2.52. The third-order valence-electron chi connectivity index (χ3n) is 11.5. The normalized spacial score (nSPS) is 22.6. The van der Waals surface area contributed by atoms with Gasteiger partial charge < -0.3 is 29.7 Å². The molecule has 0 saturated heterocycles. The Morgan fingerprint density at radius 1 is 1.00 bits per heavy atom. The number of aromatic nitrogens is 2. The van der Waals surface area contributed by atoms with Gasteiger partial charge in [0.15, 0.2) is 5.69 Å². The van der Waals surface area contributed by atoms with E-state index in [1.807, 2.05) is 43.7 Å². The van der Waals surface area contributed by atoms with Gasteiger partial charge in [-0.05, 0) is 151 Å². The van der Waals surface area contributed by atoms with Gasteiger partial charge in [0, 0.05) is 12.2 Å². The molecule has 10 heteroatoms. The molecule has 5 rings (SSSR count). The van der Waals surface area contributed by atoms with E-state index in [1.165, 1.54) is 6.42 Å². The Kier molecular flexibility index (Phi) is 13.1. The fourth-order valence-electron chi connectivity index (χ4n) is 8.87. The molecule has 2 aromatic carbocycles. The van der Waals surface area contributed by atoms with E-state index in [2.05, 4.69) is 75.5 Å². The Morgan fingerprint density at radius 3 is 2.31 bits per heavy atom. The molecule has 0 spiro atoms. The van der Waals surface area contributed by atoms with Crippen molar-refractivity contribution in [2.24, 2.45) is 23.7 Å². The average Bonchev–Trinajstić information content (AvgIpc) is 3.56. The van der Waals surface area contributed by atoms with E-state index in [0.717, 1.165) is 68.6 Å². The number of nitrogens with one attached hydrogen (secondary N) is 2. The third kappa shape index (κ3) is 8.90. The molecule has 10 nitrogen and oxygen atoms in total. The zero-order valence-corrected chi connectivity index (χ0v) is 34.7. The molecule has 1 heterocycles. The van der Waals surface area contributed by atoms with Gasteiger partial charge in [-0.25, -0.2) is 9.48 Å². The van der Waals surface area contributed by atoms with Crippen molar-refractivity contribution in [3.8, 4) is 28.4 Å². The highest BCUT2D eigenvalue weighted by Gasteiger charge is 2.58. The van der Waals surface area contributed by atoms with Crippen molar-refractivity contribution < 1.29 is 23.8 Å². The summed E-state index contributed by atoms with van der Waals surface area (Å²) in [6, 6.07) is 13.8. The summed E-state index contributed by atoms with van der Waals surface area (Å²) < 4.78 is 19.7. The van der Waals surface area contributed by atoms with Gasteiger partial charge in [-0.3, -0.25) is 4.79 Å². The summed E-state index contributed by atoms with van der Waals surface area (Å²) in [5.41, 5.74) is 2.60. The van der Waals surface area contributed by atoms with Crippen molar-refractivity contribution in [1.29, 1.82) is 0 Å². The standard InChI is InChI=1S/C44H65N5O5/c1-12-30-23-31-22-29(4)44(32(24-30)25-31,42(51)54-43(5,6)7)46-41(50)35-27-37(40-38(52-10)16-15-17-39(40)53-11)49(47-35)36-19-18-33(26-34(36)28(2)3)45-20-13-14-21-48(8)9/h15-19,26-32,45H,12-14,20-25H2,1-11H3,(H,46,50). The smallest absolute Gasteiger partial charge is 0.332 e. The number of carbonyl (C=O) groups excluding carboxylic acids is 2. The van der Waals surface area contributed by atoms with E-state index < -0.39 is 17.0 Å². The van der Waals surface area contributed by atoms with Crippen LogP contribution in [0, 0.1) is 23.7 Å². The molecule has 2 N–H and O–H groups in total. The number of esters is 1. The second kappa shape index (κ2) is 17.2. The van der Waals surface area contributed by atoms with Crippen LogP contribution in [0.15, 0.2) is 42.5 Å². The summed E-state index contributed by atoms with van der Waals surface area (Å²) in [5.74, 6) is 1.48. The lowest BCUT2D eigenvalue weighted by molar-refractivity contribution is -0.173. The quantitative estimate of drug-likeness (QED) is 0.118. The Hall–Kier alpha value is -4.05. The number of carbonyl (C=O) groups is 2. The number of methoxy groups -OCH3 is 2. The average molecular weight is 744 g/mol. The lowest BCUT2D eigenvalue weighted by Crippen LogP contribution is -2.68. The van der Waals surface area contributed by atoms with E-state index in [4.69, 9.17) is 19.3 Å². The van der Waals surface area contributed by atoms with Crippen LogP contribution in [0.4, 0.5) is 5.69 Å². The minimum Gasteiger partial charge on any atom is -0.496 e. The molecule has 1 aromatic heterocycles. The number of hydrogen-bond acceptors (Lipinski definition) is 8. The highest BCUT2D eigenvalue weighted by molar-refractivity contribution is 5.98. The van der Waals surface area contributed by atoms with Crippen molar-refractivity contribution in [3.63, 3.8) is 0 Å². The van der Waals surface area contributed by atoms with Crippen LogP contribution in [0.3, 0.4) is 0 Å². The molecule has 2 saturated carbocycles. The molecule has 1 amide bonds. The number of unbranched alkanes of at least 4 members (excludes halogenated alkanes) is 1. The molecule has 2 aliphatic rings. The van der Waals surface area contributed by atoms with E-state index in [9.17, 15) is 9.59 Å². The van der Waals surface area contributed by atoms with Gasteiger partial charge in [0.25, 0.3) is 5.91 Å². The van der Waals surface area contributed by atoms with Crippen LogP contribution in [-0.4, -0.2) is 79.1 Å². The number of ether oxygens (including phenoxy) is 3. The number of amides is 1. The molecular formula is C44H65N5O5. The molecule has 5 atom stereocenters. The van der Waals surface area contributed by atoms with Crippen LogP contribution in [-0.2, 0) is 9.53 Å². The molecule has 0 aliphatic heterocycles. The Balaban J connectivity index is 1.61. The lowest BCUT2D eigenvalue weighted by Gasteiger charge is -2.53. The van der Waals surface area contributed by atoms with Crippen molar-refractivity contribution in [1.82, 2.24) is 20.0 Å². The van der Waals surface area contributed by atoms with E-state index in [1.54, 1.807) is 20.3 Å². The van der Waals surface area contributed by atoms with E-state index in [0.29, 0.717) is 34.6 Å². The van der Waals surface area contributed by atoms with Crippen molar-refractivity contribution in [2.45, 2.75) is 110 Å². The fraction of sp³-hybridized carbons (Fsp3) is 0.614. The second-order valence-corrected chi connectivity index (χ2v) is 17.2. The first-order valence-corrected chi connectivity index (χ1v) is 20.0. The SMILES string of the molecule is CCC1CC2CC(C)C(NC(=O)c3cc(-c4c(OC)cccc4OC)n(-c4ccc(NCCCCN(C)C)cc4C(C)C)n3)(C(=O)OC(C)(C)C)C(C1)C2. The molecule has 2 fully saturated rings. The van der Waals surface area contributed by atoms with Crippen LogP contribution in [0.1, 0.15) is 115 Å². The Morgan fingerprint density at radius 2 is 1.70 bits per heavy atom. The fourth-order valence-corrected chi connectivity index (χ4v) is 8.87. The molecule has 0 radical (unpaired) electrons. The van der Waals surface area contributed by atoms with Crippen molar-refractivity contribution in [2.75, 3.05) is 46.7 Å². The van der Waals surface area contributed by atoms with Gasteiger partial charge >= 0.3 is 5.97 Å². The number of fused-ring (bicyclic) bond motifs is 2. The maximum Gasteiger partial charge on any atom is 0.332 e. The van der Waals surface area contributed by atoms with Gasteiger partial charge in [-0.1, -0.05) is 40.2 Å². The molecule has 3 aromatic rings. The first-order valence-electron chi connectivity index (χ1n) is 20.0. The van der Waals surface area contributed by atoms with Gasteiger partial charge in [-0.15, -0.1) is 0 Å². The predicted molar refractivity (Wildman–Crippen MR) is 217 cm³/mol. The summed E-state index contributed by atoms with van der Waals surface area (Å²) in [5, 5.41) is 12.0. The van der Waals surface area contributed by atoms with Gasteiger partial charge in [0.05, 0.1) is 31.2 Å². The molecule has 5 unspecified atom stereocenters.